The number of thiophene rings is 1. The zero-order chi connectivity index (χ0) is 22.2. The molecule has 0 aliphatic rings. The summed E-state index contributed by atoms with van der Waals surface area (Å²) >= 11 is 1.31. The molecule has 7 heteroatoms. The quantitative estimate of drug-likeness (QED) is 0.465. The third kappa shape index (κ3) is 5.64. The van der Waals surface area contributed by atoms with Crippen molar-refractivity contribution >= 4 is 28.2 Å². The average Bonchev–Trinajstić information content (AvgIpc) is 3.21. The second-order valence-electron chi connectivity index (χ2n) is 6.70. The van der Waals surface area contributed by atoms with Gasteiger partial charge in [0, 0.05) is 17.4 Å². The van der Waals surface area contributed by atoms with Crippen LogP contribution in [0.1, 0.15) is 29.3 Å². The van der Waals surface area contributed by atoms with E-state index in [1.165, 1.54) is 11.3 Å². The lowest BCUT2D eigenvalue weighted by Gasteiger charge is -2.09. The zero-order valence-electron chi connectivity index (χ0n) is 17.8. The molecule has 3 aromatic rings. The molecule has 1 N–H and O–H groups in total. The molecule has 2 aromatic carbocycles. The summed E-state index contributed by atoms with van der Waals surface area (Å²) in [6, 6.07) is 15.0. The van der Waals surface area contributed by atoms with Crippen molar-refractivity contribution in [2.24, 2.45) is 0 Å². The lowest BCUT2D eigenvalue weighted by atomic mass is 10.0. The summed E-state index contributed by atoms with van der Waals surface area (Å²) in [6.45, 7) is 2.01. The fourth-order valence-corrected chi connectivity index (χ4v) is 4.05. The van der Waals surface area contributed by atoms with Crippen molar-refractivity contribution in [1.82, 2.24) is 0 Å². The monoisotopic (exact) mass is 439 g/mol. The van der Waals surface area contributed by atoms with Crippen LogP contribution in [0.5, 0.6) is 11.5 Å². The van der Waals surface area contributed by atoms with E-state index >= 15 is 0 Å². The highest BCUT2D eigenvalue weighted by Gasteiger charge is 2.22. The SMILES string of the molecule is CCOC(=O)c1c(-c2ccc(OC)cc2)csc1NC(=O)CCc1ccc(OC)cc1. The van der Waals surface area contributed by atoms with Gasteiger partial charge in [-0.15, -0.1) is 11.3 Å². The lowest BCUT2D eigenvalue weighted by molar-refractivity contribution is -0.116. The second-order valence-corrected chi connectivity index (χ2v) is 7.58. The maximum atomic E-state index is 12.7. The maximum absolute atomic E-state index is 12.7. The number of hydrogen-bond donors (Lipinski definition) is 1. The van der Waals surface area contributed by atoms with Crippen LogP contribution in [0.2, 0.25) is 0 Å². The minimum absolute atomic E-state index is 0.163. The molecule has 0 aliphatic carbocycles. The van der Waals surface area contributed by atoms with E-state index in [0.29, 0.717) is 23.4 Å². The molecule has 0 spiro atoms. The minimum Gasteiger partial charge on any atom is -0.497 e. The van der Waals surface area contributed by atoms with E-state index in [2.05, 4.69) is 5.32 Å². The van der Waals surface area contributed by atoms with Crippen LogP contribution in [0, 0.1) is 0 Å². The summed E-state index contributed by atoms with van der Waals surface area (Å²) in [5.74, 6) is 0.880. The molecular formula is C24H25NO5S. The highest BCUT2D eigenvalue weighted by molar-refractivity contribution is 7.15. The fraction of sp³-hybridized carbons (Fsp3) is 0.250. The molecule has 0 saturated heterocycles. The van der Waals surface area contributed by atoms with Crippen molar-refractivity contribution in [2.75, 3.05) is 26.1 Å². The largest absolute Gasteiger partial charge is 0.497 e. The summed E-state index contributed by atoms with van der Waals surface area (Å²) in [5, 5.41) is 5.23. The first-order valence-corrected chi connectivity index (χ1v) is 10.8. The van der Waals surface area contributed by atoms with Gasteiger partial charge in [-0.2, -0.15) is 0 Å². The van der Waals surface area contributed by atoms with Crippen LogP contribution < -0.4 is 14.8 Å². The molecule has 0 bridgehead atoms. The van der Waals surface area contributed by atoms with E-state index in [-0.39, 0.29) is 12.5 Å². The van der Waals surface area contributed by atoms with Crippen molar-refractivity contribution in [3.63, 3.8) is 0 Å². The summed E-state index contributed by atoms with van der Waals surface area (Å²) in [7, 11) is 3.22. The number of anilines is 1. The first-order chi connectivity index (χ1) is 15.0. The van der Waals surface area contributed by atoms with Gasteiger partial charge < -0.3 is 19.5 Å². The number of esters is 1. The molecular weight excluding hydrogens is 414 g/mol. The Kier molecular flexibility index (Phi) is 7.67. The first kappa shape index (κ1) is 22.4. The van der Waals surface area contributed by atoms with Crippen LogP contribution in [-0.2, 0) is 16.0 Å². The lowest BCUT2D eigenvalue weighted by Crippen LogP contribution is -2.15. The Labute approximate surface area is 185 Å². The van der Waals surface area contributed by atoms with Crippen LogP contribution in [0.3, 0.4) is 0 Å². The molecule has 0 radical (unpaired) electrons. The number of carbonyl (C=O) groups is 2. The van der Waals surface area contributed by atoms with E-state index in [0.717, 1.165) is 28.2 Å². The van der Waals surface area contributed by atoms with Crippen molar-refractivity contribution in [1.29, 1.82) is 0 Å². The zero-order valence-corrected chi connectivity index (χ0v) is 18.6. The molecule has 3 rings (SSSR count). The Bertz CT molecular complexity index is 1030. The summed E-state index contributed by atoms with van der Waals surface area (Å²) in [5.41, 5.74) is 2.97. The standard InChI is InChI=1S/C24H25NO5S/c1-4-30-24(27)22-20(17-8-12-19(29-3)13-9-17)15-31-23(22)25-21(26)14-7-16-5-10-18(28-2)11-6-16/h5-6,8-13,15H,4,7,14H2,1-3H3,(H,25,26). The van der Waals surface area contributed by atoms with E-state index in [1.54, 1.807) is 21.1 Å². The molecule has 0 saturated carbocycles. The number of methoxy groups -OCH3 is 2. The number of carbonyl (C=O) groups excluding carboxylic acids is 2. The highest BCUT2D eigenvalue weighted by atomic mass is 32.1. The van der Waals surface area contributed by atoms with Crippen molar-refractivity contribution in [2.45, 2.75) is 19.8 Å². The van der Waals surface area contributed by atoms with Crippen LogP contribution in [0.25, 0.3) is 11.1 Å². The molecule has 0 unspecified atom stereocenters. The third-order valence-corrected chi connectivity index (χ3v) is 5.62. The van der Waals surface area contributed by atoms with Gasteiger partial charge in [0.25, 0.3) is 0 Å². The second kappa shape index (κ2) is 10.6. The average molecular weight is 440 g/mol. The van der Waals surface area contributed by atoms with Gasteiger partial charge in [-0.3, -0.25) is 4.79 Å². The first-order valence-electron chi connectivity index (χ1n) is 9.91. The molecule has 31 heavy (non-hydrogen) atoms. The summed E-state index contributed by atoms with van der Waals surface area (Å²) in [6.07, 6.45) is 0.881. The van der Waals surface area contributed by atoms with E-state index < -0.39 is 5.97 Å². The van der Waals surface area contributed by atoms with Gasteiger partial charge in [-0.1, -0.05) is 24.3 Å². The number of ether oxygens (including phenoxy) is 3. The van der Waals surface area contributed by atoms with E-state index in [1.807, 2.05) is 53.9 Å². The van der Waals surface area contributed by atoms with Crippen LogP contribution >= 0.6 is 11.3 Å². The smallest absolute Gasteiger partial charge is 0.341 e. The number of amides is 1. The number of aryl methyl sites for hydroxylation is 1. The van der Waals surface area contributed by atoms with Gasteiger partial charge in [0.15, 0.2) is 0 Å². The van der Waals surface area contributed by atoms with Crippen LogP contribution in [0.15, 0.2) is 53.9 Å². The molecule has 0 fully saturated rings. The van der Waals surface area contributed by atoms with Gasteiger partial charge in [0.1, 0.15) is 22.1 Å². The molecule has 1 heterocycles. The van der Waals surface area contributed by atoms with Gasteiger partial charge in [-0.25, -0.2) is 4.79 Å². The van der Waals surface area contributed by atoms with Gasteiger partial charge >= 0.3 is 5.97 Å². The minimum atomic E-state index is -0.458. The van der Waals surface area contributed by atoms with Crippen molar-refractivity contribution < 1.29 is 23.8 Å². The van der Waals surface area contributed by atoms with E-state index in [9.17, 15) is 9.59 Å². The maximum Gasteiger partial charge on any atom is 0.341 e. The summed E-state index contributed by atoms with van der Waals surface area (Å²) in [4.78, 5) is 25.2. The van der Waals surface area contributed by atoms with Gasteiger partial charge in [0.05, 0.1) is 20.8 Å². The highest BCUT2D eigenvalue weighted by Crippen LogP contribution is 2.37. The number of benzene rings is 2. The number of nitrogens with one attached hydrogen (secondary N) is 1. The predicted octanol–water partition coefficient (Wildman–Crippen LogP) is 5.18. The van der Waals surface area contributed by atoms with Gasteiger partial charge in [0.2, 0.25) is 5.91 Å². The predicted molar refractivity (Wildman–Crippen MR) is 122 cm³/mol. The number of hydrogen-bond acceptors (Lipinski definition) is 6. The van der Waals surface area contributed by atoms with Crippen molar-refractivity contribution in [3.05, 3.63) is 65.0 Å². The van der Waals surface area contributed by atoms with Crippen LogP contribution in [0.4, 0.5) is 5.00 Å². The number of rotatable bonds is 9. The van der Waals surface area contributed by atoms with E-state index in [4.69, 9.17) is 14.2 Å². The Morgan fingerprint density at radius 2 is 1.55 bits per heavy atom. The Morgan fingerprint density at radius 1 is 0.935 bits per heavy atom. The Morgan fingerprint density at radius 3 is 2.13 bits per heavy atom. The normalized spacial score (nSPS) is 10.4. The third-order valence-electron chi connectivity index (χ3n) is 4.72. The van der Waals surface area contributed by atoms with Crippen LogP contribution in [-0.4, -0.2) is 32.7 Å². The summed E-state index contributed by atoms with van der Waals surface area (Å²) < 4.78 is 15.6. The Balaban J connectivity index is 1.76. The van der Waals surface area contributed by atoms with Gasteiger partial charge in [-0.05, 0) is 48.7 Å². The molecule has 1 aromatic heterocycles. The molecule has 6 nitrogen and oxygen atoms in total. The fourth-order valence-electron chi connectivity index (χ4n) is 3.08. The van der Waals surface area contributed by atoms with Crippen molar-refractivity contribution in [3.8, 4) is 22.6 Å². The molecule has 0 atom stereocenters. The Hall–Kier alpha value is -3.32. The molecule has 162 valence electrons. The molecule has 0 aliphatic heterocycles. The topological polar surface area (TPSA) is 73.9 Å². The molecule has 1 amide bonds.